The minimum atomic E-state index is -3.58. The van der Waals surface area contributed by atoms with Crippen LogP contribution in [0.5, 0.6) is 0 Å². The first-order valence-corrected chi connectivity index (χ1v) is 6.55. The summed E-state index contributed by atoms with van der Waals surface area (Å²) in [6, 6.07) is 0.0623. The highest BCUT2D eigenvalue weighted by molar-refractivity contribution is 7.89. The van der Waals surface area contributed by atoms with E-state index in [1.165, 1.54) is 0 Å². The van der Waals surface area contributed by atoms with Gasteiger partial charge in [-0.05, 0) is 20.8 Å². The summed E-state index contributed by atoms with van der Waals surface area (Å²) in [6.45, 7) is 5.44. The summed E-state index contributed by atoms with van der Waals surface area (Å²) >= 11 is 0. The van der Waals surface area contributed by atoms with Crippen LogP contribution in [0, 0.1) is 6.92 Å². The van der Waals surface area contributed by atoms with Crippen molar-refractivity contribution < 1.29 is 13.2 Å². The smallest absolute Gasteiger partial charge is 0.266 e. The van der Waals surface area contributed by atoms with Gasteiger partial charge in [-0.3, -0.25) is 4.79 Å². The van der Waals surface area contributed by atoms with Crippen molar-refractivity contribution in [3.63, 3.8) is 0 Å². The van der Waals surface area contributed by atoms with Crippen LogP contribution in [-0.2, 0) is 10.0 Å². The molecule has 0 aromatic carbocycles. The third-order valence-electron chi connectivity index (χ3n) is 1.91. The normalized spacial score (nSPS) is 11.8. The van der Waals surface area contributed by atoms with Gasteiger partial charge in [0, 0.05) is 6.04 Å². The summed E-state index contributed by atoms with van der Waals surface area (Å²) in [5.74, 6) is -0.758. The maximum Gasteiger partial charge on any atom is 0.287 e. The van der Waals surface area contributed by atoms with Crippen LogP contribution in [0.3, 0.4) is 0 Å². The van der Waals surface area contributed by atoms with E-state index in [1.807, 2.05) is 18.6 Å². The number of carbonyl (C=O) groups is 1. The lowest BCUT2D eigenvalue weighted by Crippen LogP contribution is -2.30. The van der Waals surface area contributed by atoms with E-state index < -0.39 is 15.9 Å². The molecule has 1 aromatic heterocycles. The van der Waals surface area contributed by atoms with Crippen LogP contribution in [0.1, 0.15) is 36.1 Å². The SMILES string of the molecule is Cc1c(C(=O)NS(C)(=O)=O)nnn1C(C)C. The standard InChI is InChI=1S/C8H14N4O3S/c1-5(2)12-6(3)7(9-11-12)8(13)10-16(4,14)15/h5H,1-4H3,(H,10,13). The maximum absolute atomic E-state index is 11.5. The molecule has 0 unspecified atom stereocenters. The molecule has 1 aromatic rings. The Balaban J connectivity index is 3.02. The summed E-state index contributed by atoms with van der Waals surface area (Å²) < 4.78 is 25.2. The lowest BCUT2D eigenvalue weighted by molar-refractivity contribution is 0.0976. The Morgan fingerprint density at radius 1 is 1.44 bits per heavy atom. The zero-order valence-electron chi connectivity index (χ0n) is 9.55. The Morgan fingerprint density at radius 2 is 2.00 bits per heavy atom. The van der Waals surface area contributed by atoms with Crippen molar-refractivity contribution in [3.05, 3.63) is 11.4 Å². The highest BCUT2D eigenvalue weighted by atomic mass is 32.2. The molecule has 1 rings (SSSR count). The number of hydrogen-bond acceptors (Lipinski definition) is 5. The quantitative estimate of drug-likeness (QED) is 0.800. The molecular weight excluding hydrogens is 232 g/mol. The van der Waals surface area contributed by atoms with Crippen LogP contribution >= 0.6 is 0 Å². The highest BCUT2D eigenvalue weighted by Gasteiger charge is 2.19. The first kappa shape index (κ1) is 12.6. The van der Waals surface area contributed by atoms with E-state index >= 15 is 0 Å². The number of sulfonamides is 1. The predicted octanol–water partition coefficient (Wildman–Crippen LogP) is -0.143. The topological polar surface area (TPSA) is 93.9 Å². The molecule has 0 spiro atoms. The van der Waals surface area contributed by atoms with Crippen LogP contribution in [0.25, 0.3) is 0 Å². The molecule has 0 aliphatic carbocycles. The molecule has 0 saturated carbocycles. The molecule has 1 N–H and O–H groups in total. The number of hydrogen-bond donors (Lipinski definition) is 1. The van der Waals surface area contributed by atoms with E-state index in [9.17, 15) is 13.2 Å². The summed E-state index contributed by atoms with van der Waals surface area (Å²) in [7, 11) is -3.58. The van der Waals surface area contributed by atoms with Crippen LogP contribution in [0.15, 0.2) is 0 Å². The van der Waals surface area contributed by atoms with Gasteiger partial charge in [-0.25, -0.2) is 17.8 Å². The molecule has 0 bridgehead atoms. The maximum atomic E-state index is 11.5. The lowest BCUT2D eigenvalue weighted by atomic mass is 10.3. The van der Waals surface area contributed by atoms with Crippen molar-refractivity contribution in [2.75, 3.05) is 6.26 Å². The number of nitrogens with one attached hydrogen (secondary N) is 1. The number of amides is 1. The Hall–Kier alpha value is -1.44. The molecule has 0 fully saturated rings. The van der Waals surface area contributed by atoms with Gasteiger partial charge in [-0.15, -0.1) is 5.10 Å². The molecule has 0 saturated heterocycles. The van der Waals surface area contributed by atoms with Gasteiger partial charge in [0.2, 0.25) is 10.0 Å². The molecule has 90 valence electrons. The van der Waals surface area contributed by atoms with E-state index in [0.717, 1.165) is 6.26 Å². The Labute approximate surface area is 93.9 Å². The molecule has 1 heterocycles. The van der Waals surface area contributed by atoms with Gasteiger partial charge in [0.15, 0.2) is 5.69 Å². The second-order valence-electron chi connectivity index (χ2n) is 3.77. The number of carbonyl (C=O) groups excluding carboxylic acids is 1. The number of rotatable bonds is 3. The largest absolute Gasteiger partial charge is 0.287 e. The fourth-order valence-electron chi connectivity index (χ4n) is 1.26. The number of aromatic nitrogens is 3. The molecule has 0 aliphatic heterocycles. The fraction of sp³-hybridized carbons (Fsp3) is 0.625. The molecule has 16 heavy (non-hydrogen) atoms. The van der Waals surface area contributed by atoms with Crippen molar-refractivity contribution in [1.29, 1.82) is 0 Å². The van der Waals surface area contributed by atoms with E-state index in [4.69, 9.17) is 0 Å². The first-order chi connectivity index (χ1) is 7.22. The van der Waals surface area contributed by atoms with Gasteiger partial charge in [0.05, 0.1) is 11.9 Å². The van der Waals surface area contributed by atoms with Gasteiger partial charge < -0.3 is 0 Å². The van der Waals surface area contributed by atoms with E-state index in [0.29, 0.717) is 5.69 Å². The minimum absolute atomic E-state index is 0.0270. The fourth-order valence-corrected chi connectivity index (χ4v) is 1.69. The Kier molecular flexibility index (Phi) is 3.32. The summed E-state index contributed by atoms with van der Waals surface area (Å²) in [4.78, 5) is 11.5. The summed E-state index contributed by atoms with van der Waals surface area (Å²) in [5.41, 5.74) is 0.565. The molecule has 0 aliphatic rings. The van der Waals surface area contributed by atoms with Gasteiger partial charge >= 0.3 is 0 Å². The Bertz CT molecular complexity index is 503. The van der Waals surface area contributed by atoms with Crippen molar-refractivity contribution in [2.45, 2.75) is 26.8 Å². The van der Waals surface area contributed by atoms with Crippen molar-refractivity contribution in [3.8, 4) is 0 Å². The average Bonchev–Trinajstić information content (AvgIpc) is 2.43. The van der Waals surface area contributed by atoms with E-state index in [-0.39, 0.29) is 11.7 Å². The van der Waals surface area contributed by atoms with Crippen LogP contribution in [-0.4, -0.2) is 35.6 Å². The van der Waals surface area contributed by atoms with Gasteiger partial charge in [-0.2, -0.15) is 0 Å². The van der Waals surface area contributed by atoms with Crippen LogP contribution in [0.2, 0.25) is 0 Å². The highest BCUT2D eigenvalue weighted by Crippen LogP contribution is 2.09. The Morgan fingerprint density at radius 3 is 2.38 bits per heavy atom. The molecule has 0 atom stereocenters. The van der Waals surface area contributed by atoms with E-state index in [2.05, 4.69) is 10.3 Å². The van der Waals surface area contributed by atoms with Crippen LogP contribution in [0.4, 0.5) is 0 Å². The number of nitrogens with zero attached hydrogens (tertiary/aromatic N) is 3. The summed E-state index contributed by atoms with van der Waals surface area (Å²) in [6.07, 6.45) is 0.910. The van der Waals surface area contributed by atoms with Crippen LogP contribution < -0.4 is 4.72 Å². The van der Waals surface area contributed by atoms with E-state index in [1.54, 1.807) is 11.6 Å². The van der Waals surface area contributed by atoms with Gasteiger partial charge in [-0.1, -0.05) is 5.21 Å². The zero-order valence-corrected chi connectivity index (χ0v) is 10.4. The minimum Gasteiger partial charge on any atom is -0.266 e. The molecular formula is C8H14N4O3S. The third-order valence-corrected chi connectivity index (χ3v) is 2.47. The second kappa shape index (κ2) is 4.20. The van der Waals surface area contributed by atoms with Crippen molar-refractivity contribution in [1.82, 2.24) is 19.7 Å². The van der Waals surface area contributed by atoms with Gasteiger partial charge in [0.25, 0.3) is 5.91 Å². The first-order valence-electron chi connectivity index (χ1n) is 4.66. The lowest BCUT2D eigenvalue weighted by Gasteiger charge is -2.06. The van der Waals surface area contributed by atoms with Crippen molar-refractivity contribution >= 4 is 15.9 Å². The van der Waals surface area contributed by atoms with Crippen molar-refractivity contribution in [2.24, 2.45) is 0 Å². The monoisotopic (exact) mass is 246 g/mol. The second-order valence-corrected chi connectivity index (χ2v) is 5.51. The molecule has 8 heteroatoms. The zero-order chi connectivity index (χ0) is 12.5. The molecule has 7 nitrogen and oxygen atoms in total. The molecule has 1 amide bonds. The summed E-state index contributed by atoms with van der Waals surface area (Å²) in [5, 5.41) is 7.43. The molecule has 0 radical (unpaired) electrons. The predicted molar refractivity (Wildman–Crippen MR) is 57.5 cm³/mol. The van der Waals surface area contributed by atoms with Gasteiger partial charge in [0.1, 0.15) is 0 Å². The average molecular weight is 246 g/mol. The third kappa shape index (κ3) is 2.78.